The molecule has 0 N–H and O–H groups in total. The summed E-state index contributed by atoms with van der Waals surface area (Å²) in [4.78, 5) is 17.3. The second-order valence-corrected chi connectivity index (χ2v) is 7.20. The number of likely N-dealkylation sites (N-methyl/N-ethyl adjacent to an activating group) is 1. The molecule has 0 aromatic heterocycles. The van der Waals surface area contributed by atoms with Gasteiger partial charge in [-0.2, -0.15) is 0 Å². The number of nitrogens with zero attached hydrogens (tertiary/aromatic N) is 2. The van der Waals surface area contributed by atoms with Crippen LogP contribution in [0.2, 0.25) is 0 Å². The number of carbonyl (C=O) groups excluding carboxylic acids is 1. The quantitative estimate of drug-likeness (QED) is 0.761. The van der Waals surface area contributed by atoms with E-state index in [2.05, 4.69) is 23.9 Å². The molecule has 0 radical (unpaired) electrons. The van der Waals surface area contributed by atoms with E-state index >= 15 is 0 Å². The lowest BCUT2D eigenvalue weighted by molar-refractivity contribution is -0.138. The van der Waals surface area contributed by atoms with Crippen molar-refractivity contribution in [2.75, 3.05) is 27.2 Å². The molecule has 0 aromatic carbocycles. The Bertz CT molecular complexity index is 326. The van der Waals surface area contributed by atoms with Crippen LogP contribution in [0.3, 0.4) is 0 Å². The topological polar surface area (TPSA) is 23.6 Å². The van der Waals surface area contributed by atoms with Crippen molar-refractivity contribution in [2.45, 2.75) is 51.0 Å². The van der Waals surface area contributed by atoms with E-state index in [1.165, 1.54) is 44.9 Å². The third kappa shape index (κ3) is 2.96. The number of hydrogen-bond donors (Lipinski definition) is 0. The lowest BCUT2D eigenvalue weighted by Gasteiger charge is -2.32. The van der Waals surface area contributed by atoms with Gasteiger partial charge in [-0.1, -0.05) is 12.8 Å². The molecule has 0 aromatic rings. The minimum absolute atomic E-state index is 0.367. The summed E-state index contributed by atoms with van der Waals surface area (Å²) in [7, 11) is 4.20. The largest absolute Gasteiger partial charge is 0.338 e. The zero-order valence-electron chi connectivity index (χ0n) is 12.5. The van der Waals surface area contributed by atoms with Crippen molar-refractivity contribution in [1.82, 2.24) is 9.80 Å². The molecule has 0 aliphatic heterocycles. The summed E-state index contributed by atoms with van der Waals surface area (Å²) in [5.74, 6) is 2.67. The Balaban J connectivity index is 1.61. The Hall–Kier alpha value is -0.570. The van der Waals surface area contributed by atoms with Crippen LogP contribution in [0.4, 0.5) is 0 Å². The van der Waals surface area contributed by atoms with Crippen molar-refractivity contribution in [2.24, 2.45) is 17.8 Å². The van der Waals surface area contributed by atoms with Crippen LogP contribution in [-0.4, -0.2) is 48.9 Å². The standard InChI is InChI=1S/C16H28N2O/c1-17(2)7-8-18(15-5-3-4-6-15)16(19)14-10-12-9-13(12)11-14/h12-15H,3-11H2,1-2H3. The molecule has 3 saturated carbocycles. The second-order valence-electron chi connectivity index (χ2n) is 7.20. The Labute approximate surface area is 117 Å². The first-order valence-electron chi connectivity index (χ1n) is 8.10. The molecule has 0 spiro atoms. The molecule has 3 fully saturated rings. The molecule has 0 bridgehead atoms. The van der Waals surface area contributed by atoms with E-state index in [0.717, 1.165) is 24.9 Å². The molecule has 3 aliphatic rings. The van der Waals surface area contributed by atoms with Gasteiger partial charge in [0, 0.05) is 25.0 Å². The van der Waals surface area contributed by atoms with E-state index in [4.69, 9.17) is 0 Å². The average Bonchev–Trinajstić information content (AvgIpc) is 2.85. The van der Waals surface area contributed by atoms with Gasteiger partial charge in [0.1, 0.15) is 0 Å². The lowest BCUT2D eigenvalue weighted by Crippen LogP contribution is -2.45. The second kappa shape index (κ2) is 5.43. The minimum Gasteiger partial charge on any atom is -0.338 e. The molecule has 0 heterocycles. The third-order valence-corrected chi connectivity index (χ3v) is 5.43. The van der Waals surface area contributed by atoms with Crippen molar-refractivity contribution >= 4 is 5.91 Å². The van der Waals surface area contributed by atoms with E-state index in [1.807, 2.05) is 0 Å². The zero-order valence-corrected chi connectivity index (χ0v) is 12.5. The molecule has 108 valence electrons. The Kier molecular flexibility index (Phi) is 3.84. The number of rotatable bonds is 5. The van der Waals surface area contributed by atoms with E-state index in [1.54, 1.807) is 0 Å². The highest BCUT2D eigenvalue weighted by atomic mass is 16.2. The third-order valence-electron chi connectivity index (χ3n) is 5.43. The van der Waals surface area contributed by atoms with Crippen LogP contribution >= 0.6 is 0 Å². The maximum absolute atomic E-state index is 12.8. The van der Waals surface area contributed by atoms with Crippen LogP contribution in [0.15, 0.2) is 0 Å². The summed E-state index contributed by atoms with van der Waals surface area (Å²) in [6, 6.07) is 0.546. The van der Waals surface area contributed by atoms with E-state index in [9.17, 15) is 4.79 Å². The van der Waals surface area contributed by atoms with Gasteiger partial charge in [0.05, 0.1) is 0 Å². The number of fused-ring (bicyclic) bond motifs is 1. The Morgan fingerprint density at radius 3 is 2.21 bits per heavy atom. The fourth-order valence-electron chi connectivity index (χ4n) is 4.15. The molecule has 19 heavy (non-hydrogen) atoms. The predicted molar refractivity (Wildman–Crippen MR) is 76.8 cm³/mol. The fourth-order valence-corrected chi connectivity index (χ4v) is 4.15. The van der Waals surface area contributed by atoms with Gasteiger partial charge in [-0.25, -0.2) is 0 Å². The van der Waals surface area contributed by atoms with Crippen molar-refractivity contribution < 1.29 is 4.79 Å². The first-order valence-corrected chi connectivity index (χ1v) is 8.10. The van der Waals surface area contributed by atoms with Crippen molar-refractivity contribution in [3.05, 3.63) is 0 Å². The van der Waals surface area contributed by atoms with Crippen LogP contribution < -0.4 is 0 Å². The highest BCUT2D eigenvalue weighted by Gasteiger charge is 2.49. The first kappa shape index (κ1) is 13.4. The summed E-state index contributed by atoms with van der Waals surface area (Å²) < 4.78 is 0. The van der Waals surface area contributed by atoms with Crippen LogP contribution in [0.25, 0.3) is 0 Å². The van der Waals surface area contributed by atoms with Crippen LogP contribution in [0.1, 0.15) is 44.9 Å². The van der Waals surface area contributed by atoms with Gasteiger partial charge in [-0.3, -0.25) is 4.79 Å². The minimum atomic E-state index is 0.367. The van der Waals surface area contributed by atoms with Crippen LogP contribution in [0, 0.1) is 17.8 Å². The molecule has 3 heteroatoms. The lowest BCUT2D eigenvalue weighted by atomic mass is 10.0. The van der Waals surface area contributed by atoms with Gasteiger partial charge in [0.2, 0.25) is 5.91 Å². The number of amides is 1. The van der Waals surface area contributed by atoms with Gasteiger partial charge in [0.15, 0.2) is 0 Å². The Morgan fingerprint density at radius 1 is 1.00 bits per heavy atom. The summed E-state index contributed by atoms with van der Waals surface area (Å²) >= 11 is 0. The molecular formula is C16H28N2O. The van der Waals surface area contributed by atoms with E-state index in [0.29, 0.717) is 17.9 Å². The SMILES string of the molecule is CN(C)CCN(C(=O)C1CC2CC2C1)C1CCCC1. The highest BCUT2D eigenvalue weighted by Crippen LogP contribution is 2.54. The molecule has 2 atom stereocenters. The molecule has 3 nitrogen and oxygen atoms in total. The van der Waals surface area contributed by atoms with Crippen LogP contribution in [0.5, 0.6) is 0 Å². The van der Waals surface area contributed by atoms with E-state index < -0.39 is 0 Å². The molecular weight excluding hydrogens is 236 g/mol. The maximum atomic E-state index is 12.8. The summed E-state index contributed by atoms with van der Waals surface area (Å²) in [6.07, 6.45) is 8.88. The van der Waals surface area contributed by atoms with Gasteiger partial charge in [0.25, 0.3) is 0 Å². The van der Waals surface area contributed by atoms with Gasteiger partial charge in [-0.15, -0.1) is 0 Å². The maximum Gasteiger partial charge on any atom is 0.225 e. The molecule has 3 rings (SSSR count). The molecule has 0 saturated heterocycles. The summed E-state index contributed by atoms with van der Waals surface area (Å²) in [5.41, 5.74) is 0. The normalized spacial score (nSPS) is 33.7. The molecule has 2 unspecified atom stereocenters. The average molecular weight is 264 g/mol. The first-order chi connectivity index (χ1) is 9.15. The zero-order chi connectivity index (χ0) is 13.4. The monoisotopic (exact) mass is 264 g/mol. The fraction of sp³-hybridized carbons (Fsp3) is 0.938. The summed E-state index contributed by atoms with van der Waals surface area (Å²) in [5, 5.41) is 0. The van der Waals surface area contributed by atoms with Crippen molar-refractivity contribution in [1.29, 1.82) is 0 Å². The highest BCUT2D eigenvalue weighted by molar-refractivity contribution is 5.79. The Morgan fingerprint density at radius 2 is 1.63 bits per heavy atom. The smallest absolute Gasteiger partial charge is 0.225 e. The predicted octanol–water partition coefficient (Wildman–Crippen LogP) is 2.37. The number of hydrogen-bond acceptors (Lipinski definition) is 2. The van der Waals surface area contributed by atoms with Gasteiger partial charge < -0.3 is 9.80 Å². The molecule has 1 amide bonds. The summed E-state index contributed by atoms with van der Waals surface area (Å²) in [6.45, 7) is 1.93. The molecule has 3 aliphatic carbocycles. The van der Waals surface area contributed by atoms with Crippen molar-refractivity contribution in [3.63, 3.8) is 0 Å². The van der Waals surface area contributed by atoms with Gasteiger partial charge in [-0.05, 0) is 58.0 Å². The van der Waals surface area contributed by atoms with E-state index in [-0.39, 0.29) is 0 Å². The van der Waals surface area contributed by atoms with Gasteiger partial charge >= 0.3 is 0 Å². The van der Waals surface area contributed by atoms with Crippen molar-refractivity contribution in [3.8, 4) is 0 Å². The number of carbonyl (C=O) groups is 1. The van der Waals surface area contributed by atoms with Crippen LogP contribution in [-0.2, 0) is 4.79 Å².